The molecule has 2 saturated heterocycles. The molecule has 2 aliphatic heterocycles. The fourth-order valence-corrected chi connectivity index (χ4v) is 9.88. The van der Waals surface area contributed by atoms with Crippen molar-refractivity contribution >= 4 is 93.3 Å². The number of ketones is 1. The Kier molecular flexibility index (Phi) is 20.6. The number of amides is 6. The van der Waals surface area contributed by atoms with E-state index in [4.69, 9.17) is 18.9 Å². The maximum atomic E-state index is 13.5. The normalized spacial score (nSPS) is 16.5. The van der Waals surface area contributed by atoms with Gasteiger partial charge in [0.25, 0.3) is 11.8 Å². The lowest BCUT2D eigenvalue weighted by Gasteiger charge is -2.38. The Bertz CT molecular complexity index is 3330. The smallest absolute Gasteiger partial charge is 0.409 e. The molecular formula is C57H66N8O21. The van der Waals surface area contributed by atoms with E-state index in [0.717, 1.165) is 0 Å². The number of carboxylic acids is 5. The minimum atomic E-state index is -1.51. The van der Waals surface area contributed by atoms with Crippen LogP contribution in [0.3, 0.4) is 0 Å². The summed E-state index contributed by atoms with van der Waals surface area (Å²) in [7, 11) is 0. The number of hydrogen-bond donors (Lipinski definition) is 7. The van der Waals surface area contributed by atoms with Gasteiger partial charge in [-0.15, -0.1) is 0 Å². The number of carboxylic acid groups (broad SMARTS) is 5. The Labute approximate surface area is 490 Å². The number of ether oxygens (including phenoxy) is 4. The van der Waals surface area contributed by atoms with E-state index in [-0.39, 0.29) is 155 Å². The minimum Gasteiger partial charge on any atom is -0.481 e. The Balaban J connectivity index is 0.000000246. The second kappa shape index (κ2) is 27.8. The topological polar surface area (TPSA) is 406 Å². The summed E-state index contributed by atoms with van der Waals surface area (Å²) in [5.41, 5.74) is -2.95. The van der Waals surface area contributed by atoms with Gasteiger partial charge in [0.2, 0.25) is 23.0 Å². The molecule has 6 amide bonds. The first-order valence-corrected chi connectivity index (χ1v) is 27.8. The summed E-state index contributed by atoms with van der Waals surface area (Å²) in [4.78, 5) is 162. The average Bonchev–Trinajstić information content (AvgIpc) is 2.01. The predicted octanol–water partition coefficient (Wildman–Crippen LogP) is 3.67. The summed E-state index contributed by atoms with van der Waals surface area (Å²) in [6.07, 6.45) is -0.0155. The SMILES string of the molecule is CCOC(=O)N1CCN(C(=O)C(CCC(=O)O)NC(=O)c2cc(OC3(C(=O)O)CCC3)c3cc(C(C)=O)ccc3n2)CC1.CCOC(=O)N1CCN(C(=O)C(CCC(=O)O)NC(=O)c2cc(OC3(C(=O)O)CCC3)c3ccc(C(=O)O)cc3n2)CC1. The number of carbonyl (C=O) groups excluding carboxylic acids is 7. The molecule has 460 valence electrons. The van der Waals surface area contributed by atoms with Gasteiger partial charge in [-0.3, -0.25) is 33.6 Å². The fourth-order valence-electron chi connectivity index (χ4n) is 9.88. The third kappa shape index (κ3) is 15.2. The number of rotatable bonds is 22. The lowest BCUT2D eigenvalue weighted by Crippen LogP contribution is -2.56. The number of carbonyl (C=O) groups is 12. The molecule has 4 aromatic rings. The van der Waals surface area contributed by atoms with Crippen LogP contribution < -0.4 is 20.1 Å². The number of pyridine rings is 2. The van der Waals surface area contributed by atoms with Crippen molar-refractivity contribution in [1.29, 1.82) is 0 Å². The van der Waals surface area contributed by atoms with Gasteiger partial charge in [0.1, 0.15) is 35.0 Å². The Morgan fingerprint density at radius 3 is 1.30 bits per heavy atom. The lowest BCUT2D eigenvalue weighted by atomic mass is 9.80. The highest BCUT2D eigenvalue weighted by molar-refractivity contribution is 6.04. The zero-order valence-electron chi connectivity index (χ0n) is 47.4. The summed E-state index contributed by atoms with van der Waals surface area (Å²) < 4.78 is 21.9. The largest absolute Gasteiger partial charge is 0.481 e. The standard InChI is InChI=1S/C29H34N4O10.C28H32N4O11/c1-3-42-28(41)33-13-11-32(12-14-33)26(38)21(7-8-24(35)36)31-25(37)22-16-23(43-29(27(39)40)9-4-10-29)19-15-18(17(2)34)5-6-20(19)30-22;1-2-42-27(41)32-12-10-31(11-13-32)24(36)18(6-7-22(33)34)30-23(35)20-15-21(43-28(26(39)40)8-3-9-28)17-5-4-16(25(37)38)14-19(17)29-20/h5-6,15-16,21H,3-4,7-14H2,1-2H3,(H,31,37)(H,35,36)(H,39,40);4-5,14-15,18H,2-3,6-13H2,1H3,(H,30,35)(H,33,34)(H,37,38)(H,39,40). The van der Waals surface area contributed by atoms with E-state index in [1.54, 1.807) is 13.8 Å². The van der Waals surface area contributed by atoms with Crippen molar-refractivity contribution in [3.05, 3.63) is 71.0 Å². The van der Waals surface area contributed by atoms with E-state index in [0.29, 0.717) is 23.8 Å². The number of fused-ring (bicyclic) bond motifs is 2. The van der Waals surface area contributed by atoms with Crippen molar-refractivity contribution in [2.45, 2.75) is 108 Å². The van der Waals surface area contributed by atoms with Crippen LogP contribution in [0.1, 0.15) is 127 Å². The van der Waals surface area contributed by atoms with Gasteiger partial charge in [0.15, 0.2) is 5.78 Å². The maximum absolute atomic E-state index is 13.5. The van der Waals surface area contributed by atoms with Crippen LogP contribution in [0.4, 0.5) is 9.59 Å². The summed E-state index contributed by atoms with van der Waals surface area (Å²) in [6, 6.07) is 8.49. The third-order valence-corrected chi connectivity index (χ3v) is 15.1. The molecule has 4 aliphatic rings. The van der Waals surface area contributed by atoms with E-state index < -0.39 is 102 Å². The molecular weight excluding hydrogens is 1130 g/mol. The van der Waals surface area contributed by atoms with Crippen LogP contribution in [0.2, 0.25) is 0 Å². The molecule has 2 aliphatic carbocycles. The molecule has 29 nitrogen and oxygen atoms in total. The monoisotopic (exact) mass is 1200 g/mol. The van der Waals surface area contributed by atoms with Gasteiger partial charge < -0.3 is 74.7 Å². The Morgan fingerprint density at radius 1 is 0.523 bits per heavy atom. The van der Waals surface area contributed by atoms with Crippen LogP contribution >= 0.6 is 0 Å². The summed E-state index contributed by atoms with van der Waals surface area (Å²) in [6.45, 7) is 6.57. The summed E-state index contributed by atoms with van der Waals surface area (Å²) >= 11 is 0. The molecule has 4 heterocycles. The van der Waals surface area contributed by atoms with Crippen molar-refractivity contribution in [2.24, 2.45) is 0 Å². The summed E-state index contributed by atoms with van der Waals surface area (Å²) in [5.74, 6) is -8.84. The number of nitrogens with zero attached hydrogens (tertiary/aromatic N) is 6. The second-order valence-electron chi connectivity index (χ2n) is 20.8. The first kappa shape index (κ1) is 63.9. The number of aliphatic carboxylic acids is 4. The van der Waals surface area contributed by atoms with Gasteiger partial charge in [0.05, 0.1) is 29.8 Å². The molecule has 4 fully saturated rings. The van der Waals surface area contributed by atoms with Crippen LogP contribution in [0.15, 0.2) is 48.5 Å². The first-order valence-electron chi connectivity index (χ1n) is 27.8. The molecule has 2 atom stereocenters. The second-order valence-corrected chi connectivity index (χ2v) is 20.8. The van der Waals surface area contributed by atoms with Gasteiger partial charge >= 0.3 is 42.0 Å². The van der Waals surface area contributed by atoms with Crippen LogP contribution in [0.25, 0.3) is 21.8 Å². The van der Waals surface area contributed by atoms with Gasteiger partial charge in [-0.05, 0) is 109 Å². The van der Waals surface area contributed by atoms with E-state index in [1.807, 2.05) is 0 Å². The molecule has 2 aromatic heterocycles. The van der Waals surface area contributed by atoms with Crippen molar-refractivity contribution < 1.29 is 102 Å². The van der Waals surface area contributed by atoms with E-state index in [1.165, 1.54) is 75.1 Å². The van der Waals surface area contributed by atoms with Crippen molar-refractivity contribution in [3.63, 3.8) is 0 Å². The summed E-state index contributed by atoms with van der Waals surface area (Å²) in [5, 5.41) is 53.3. The van der Waals surface area contributed by atoms with Crippen molar-refractivity contribution in [3.8, 4) is 11.5 Å². The molecule has 29 heteroatoms. The van der Waals surface area contributed by atoms with E-state index in [9.17, 15) is 83.1 Å². The van der Waals surface area contributed by atoms with Crippen LogP contribution in [0.5, 0.6) is 11.5 Å². The number of aromatic nitrogens is 2. The number of Topliss-reactive ketones (excluding diaryl/α,β-unsaturated/α-hetero) is 1. The van der Waals surface area contributed by atoms with Gasteiger partial charge in [-0.2, -0.15) is 0 Å². The van der Waals surface area contributed by atoms with Gasteiger partial charge in [0, 0.05) is 93.7 Å². The molecule has 8 rings (SSSR count). The Morgan fingerprint density at radius 2 is 0.930 bits per heavy atom. The maximum Gasteiger partial charge on any atom is 0.409 e. The quantitative estimate of drug-likeness (QED) is 0.0552. The van der Waals surface area contributed by atoms with E-state index in [2.05, 4.69) is 20.6 Å². The zero-order chi connectivity index (χ0) is 62.6. The first-order chi connectivity index (χ1) is 40.9. The third-order valence-electron chi connectivity index (χ3n) is 15.1. The molecule has 86 heavy (non-hydrogen) atoms. The number of aromatic carboxylic acids is 1. The van der Waals surface area contributed by atoms with E-state index >= 15 is 0 Å². The highest BCUT2D eigenvalue weighted by atomic mass is 16.6. The molecule has 2 saturated carbocycles. The molecule has 2 aromatic carbocycles. The highest BCUT2D eigenvalue weighted by Crippen LogP contribution is 2.41. The average molecular weight is 1200 g/mol. The lowest BCUT2D eigenvalue weighted by molar-refractivity contribution is -0.163. The fraction of sp³-hybridized carbons (Fsp3) is 0.474. The van der Waals surface area contributed by atoms with Crippen LogP contribution in [0, 0.1) is 0 Å². The van der Waals surface area contributed by atoms with Gasteiger partial charge in [-0.25, -0.2) is 33.9 Å². The van der Waals surface area contributed by atoms with Gasteiger partial charge in [-0.1, -0.05) is 0 Å². The number of hydrogen-bond acceptors (Lipinski definition) is 18. The highest BCUT2D eigenvalue weighted by Gasteiger charge is 2.49. The molecule has 0 spiro atoms. The number of nitrogens with one attached hydrogen (secondary N) is 2. The van der Waals surface area contributed by atoms with Crippen LogP contribution in [-0.2, 0) is 38.2 Å². The van der Waals surface area contributed by atoms with Crippen molar-refractivity contribution in [1.82, 2.24) is 40.2 Å². The number of benzene rings is 2. The molecule has 0 bridgehead atoms. The Hall–Kier alpha value is -9.70. The molecule has 0 radical (unpaired) electrons. The molecule has 7 N–H and O–H groups in total. The number of piperazine rings is 2. The predicted molar refractivity (Wildman–Crippen MR) is 297 cm³/mol. The van der Waals surface area contributed by atoms with Crippen LogP contribution in [-0.4, -0.2) is 215 Å². The van der Waals surface area contributed by atoms with Crippen molar-refractivity contribution in [2.75, 3.05) is 65.6 Å². The molecule has 2 unspecified atom stereocenters. The zero-order valence-corrected chi connectivity index (χ0v) is 47.4. The minimum absolute atomic E-state index is 0.00214.